The average molecular weight is 438 g/mol. The standard InChI is InChI=1S/C26H31NO5/c28-24(20-11-15-23(16-12-20)32-22-8-4-3-5-9-22)17-13-21-14-18-25(29)27(21)19-7-2-1-6-10-26(30)31/h3-5,8-9,11-13,15-17,21,24,28H,1-2,6-7,10,14,18-19H2,(H,30,31)/t21?,24-/m1/s1. The Bertz CT molecular complexity index is 894. The van der Waals surface area contributed by atoms with Crippen molar-refractivity contribution in [1.29, 1.82) is 0 Å². The topological polar surface area (TPSA) is 87.1 Å². The lowest BCUT2D eigenvalue weighted by Gasteiger charge is -2.22. The quantitative estimate of drug-likeness (QED) is 0.357. The van der Waals surface area contributed by atoms with Crippen LogP contribution in [-0.4, -0.2) is 39.6 Å². The van der Waals surface area contributed by atoms with Crippen LogP contribution >= 0.6 is 0 Å². The van der Waals surface area contributed by atoms with E-state index in [1.807, 2.05) is 65.6 Å². The summed E-state index contributed by atoms with van der Waals surface area (Å²) < 4.78 is 5.78. The van der Waals surface area contributed by atoms with Gasteiger partial charge in [0, 0.05) is 19.4 Å². The Morgan fingerprint density at radius 1 is 1.03 bits per heavy atom. The van der Waals surface area contributed by atoms with E-state index in [2.05, 4.69) is 0 Å². The molecule has 2 atom stereocenters. The molecule has 6 heteroatoms. The van der Waals surface area contributed by atoms with E-state index in [0.29, 0.717) is 25.1 Å². The molecule has 1 aliphatic rings. The van der Waals surface area contributed by atoms with Crippen molar-refractivity contribution in [3.05, 3.63) is 72.3 Å². The van der Waals surface area contributed by atoms with E-state index >= 15 is 0 Å². The lowest BCUT2D eigenvalue weighted by atomic mass is 10.1. The highest BCUT2D eigenvalue weighted by atomic mass is 16.5. The molecule has 1 saturated heterocycles. The Balaban J connectivity index is 1.48. The van der Waals surface area contributed by atoms with Gasteiger partial charge in [-0.3, -0.25) is 9.59 Å². The van der Waals surface area contributed by atoms with Crippen LogP contribution in [0.1, 0.15) is 56.6 Å². The lowest BCUT2D eigenvalue weighted by Crippen LogP contribution is -2.32. The van der Waals surface area contributed by atoms with Gasteiger partial charge in [0.2, 0.25) is 5.91 Å². The summed E-state index contributed by atoms with van der Waals surface area (Å²) in [7, 11) is 0. The van der Waals surface area contributed by atoms with Crippen molar-refractivity contribution in [3.63, 3.8) is 0 Å². The number of amides is 1. The lowest BCUT2D eigenvalue weighted by molar-refractivity contribution is -0.137. The van der Waals surface area contributed by atoms with E-state index in [4.69, 9.17) is 9.84 Å². The number of hydrogen-bond donors (Lipinski definition) is 2. The van der Waals surface area contributed by atoms with Crippen LogP contribution in [0.5, 0.6) is 11.5 Å². The number of nitrogens with zero attached hydrogens (tertiary/aromatic N) is 1. The van der Waals surface area contributed by atoms with Crippen LogP contribution in [0.4, 0.5) is 0 Å². The number of rotatable bonds is 12. The Morgan fingerprint density at radius 3 is 2.44 bits per heavy atom. The molecule has 6 nitrogen and oxygen atoms in total. The first-order valence-electron chi connectivity index (χ1n) is 11.2. The number of aliphatic hydroxyl groups excluding tert-OH is 1. The van der Waals surface area contributed by atoms with Gasteiger partial charge in [-0.25, -0.2) is 0 Å². The van der Waals surface area contributed by atoms with Gasteiger partial charge in [0.1, 0.15) is 11.5 Å². The summed E-state index contributed by atoms with van der Waals surface area (Å²) in [6.45, 7) is 0.669. The van der Waals surface area contributed by atoms with Crippen LogP contribution in [-0.2, 0) is 9.59 Å². The van der Waals surface area contributed by atoms with E-state index in [9.17, 15) is 14.7 Å². The highest BCUT2D eigenvalue weighted by Gasteiger charge is 2.28. The molecule has 1 heterocycles. The van der Waals surface area contributed by atoms with E-state index in [-0.39, 0.29) is 18.4 Å². The predicted octanol–water partition coefficient (Wildman–Crippen LogP) is 5.09. The van der Waals surface area contributed by atoms with Gasteiger partial charge in [0.05, 0.1) is 12.1 Å². The fraction of sp³-hybridized carbons (Fsp3) is 0.385. The number of aliphatic carboxylic acids is 1. The number of hydrogen-bond acceptors (Lipinski definition) is 4. The minimum atomic E-state index is -0.762. The molecule has 2 aromatic rings. The number of likely N-dealkylation sites (tertiary alicyclic amines) is 1. The molecule has 1 amide bonds. The van der Waals surface area contributed by atoms with E-state index in [0.717, 1.165) is 37.0 Å². The van der Waals surface area contributed by atoms with Crippen molar-refractivity contribution in [2.75, 3.05) is 6.54 Å². The highest BCUT2D eigenvalue weighted by Crippen LogP contribution is 2.25. The fourth-order valence-corrected chi connectivity index (χ4v) is 3.86. The second kappa shape index (κ2) is 12.1. The van der Waals surface area contributed by atoms with Crippen molar-refractivity contribution in [1.82, 2.24) is 4.90 Å². The van der Waals surface area contributed by atoms with Gasteiger partial charge >= 0.3 is 5.97 Å². The molecule has 2 N–H and O–H groups in total. The van der Waals surface area contributed by atoms with Gasteiger partial charge in [-0.2, -0.15) is 0 Å². The SMILES string of the molecule is O=C(O)CCCCCCN1C(=O)CCC1C=C[C@@H](O)c1ccc(Oc2ccccc2)cc1. The van der Waals surface area contributed by atoms with Gasteiger partial charge in [0.15, 0.2) is 0 Å². The summed E-state index contributed by atoms with van der Waals surface area (Å²) in [6.07, 6.45) is 7.70. The average Bonchev–Trinajstić information content (AvgIpc) is 3.15. The first-order valence-corrected chi connectivity index (χ1v) is 11.2. The molecule has 0 aliphatic carbocycles. The minimum Gasteiger partial charge on any atom is -0.481 e. The zero-order valence-electron chi connectivity index (χ0n) is 18.2. The van der Waals surface area contributed by atoms with Crippen molar-refractivity contribution in [3.8, 4) is 11.5 Å². The molecule has 3 rings (SSSR count). The van der Waals surface area contributed by atoms with Crippen LogP contribution < -0.4 is 4.74 Å². The Kier molecular flexibility index (Phi) is 8.87. The van der Waals surface area contributed by atoms with Gasteiger partial charge in [-0.15, -0.1) is 0 Å². The van der Waals surface area contributed by atoms with E-state index in [1.54, 1.807) is 6.08 Å². The molecule has 0 saturated carbocycles. The maximum Gasteiger partial charge on any atom is 0.303 e. The van der Waals surface area contributed by atoms with E-state index < -0.39 is 12.1 Å². The second-order valence-corrected chi connectivity index (χ2v) is 8.06. The Hall–Kier alpha value is -3.12. The molecular formula is C26H31NO5. The largest absolute Gasteiger partial charge is 0.481 e. The summed E-state index contributed by atoms with van der Waals surface area (Å²) in [6, 6.07) is 16.8. The second-order valence-electron chi connectivity index (χ2n) is 8.06. The monoisotopic (exact) mass is 437 g/mol. The van der Waals surface area contributed by atoms with E-state index in [1.165, 1.54) is 0 Å². The number of unbranched alkanes of at least 4 members (excludes halogenated alkanes) is 3. The molecular weight excluding hydrogens is 406 g/mol. The van der Waals surface area contributed by atoms with Crippen LogP contribution in [0.3, 0.4) is 0 Å². The number of para-hydroxylation sites is 1. The molecule has 0 bridgehead atoms. The number of carboxylic acid groups (broad SMARTS) is 1. The van der Waals surface area contributed by atoms with Crippen molar-refractivity contribution in [2.24, 2.45) is 0 Å². The summed E-state index contributed by atoms with van der Waals surface area (Å²) in [5.41, 5.74) is 0.760. The molecule has 170 valence electrons. The first-order chi connectivity index (χ1) is 15.5. The normalized spacial score (nSPS) is 17.1. The molecule has 32 heavy (non-hydrogen) atoms. The molecule has 1 unspecified atom stereocenters. The number of carbonyl (C=O) groups excluding carboxylic acids is 1. The first kappa shape index (κ1) is 23.5. The fourth-order valence-electron chi connectivity index (χ4n) is 3.86. The van der Waals surface area contributed by atoms with Crippen molar-refractivity contribution < 1.29 is 24.5 Å². The molecule has 1 fully saturated rings. The summed E-state index contributed by atoms with van der Waals surface area (Å²) >= 11 is 0. The third-order valence-corrected chi connectivity index (χ3v) is 5.63. The molecule has 0 spiro atoms. The number of ether oxygens (including phenoxy) is 1. The number of benzene rings is 2. The Labute approximate surface area is 189 Å². The van der Waals surface area contributed by atoms with Gasteiger partial charge < -0.3 is 19.8 Å². The predicted molar refractivity (Wildman–Crippen MR) is 123 cm³/mol. The van der Waals surface area contributed by atoms with Crippen LogP contribution in [0.15, 0.2) is 66.7 Å². The van der Waals surface area contributed by atoms with Crippen LogP contribution in [0, 0.1) is 0 Å². The van der Waals surface area contributed by atoms with Gasteiger partial charge in [-0.1, -0.05) is 55.3 Å². The molecule has 1 aliphatic heterocycles. The minimum absolute atomic E-state index is 0.00291. The molecule has 0 radical (unpaired) electrons. The van der Waals surface area contributed by atoms with Crippen molar-refractivity contribution >= 4 is 11.9 Å². The Morgan fingerprint density at radius 2 is 1.72 bits per heavy atom. The van der Waals surface area contributed by atoms with Crippen molar-refractivity contribution in [2.45, 2.75) is 57.1 Å². The summed E-state index contributed by atoms with van der Waals surface area (Å²) in [4.78, 5) is 24.7. The number of carboxylic acids is 1. The summed E-state index contributed by atoms with van der Waals surface area (Å²) in [5.74, 6) is 0.838. The highest BCUT2D eigenvalue weighted by molar-refractivity contribution is 5.79. The summed E-state index contributed by atoms with van der Waals surface area (Å²) in [5, 5.41) is 19.2. The smallest absolute Gasteiger partial charge is 0.303 e. The van der Waals surface area contributed by atoms with Crippen LogP contribution in [0.2, 0.25) is 0 Å². The molecule has 0 aromatic heterocycles. The number of aliphatic hydroxyl groups is 1. The maximum absolute atomic E-state index is 12.2. The molecule has 2 aromatic carbocycles. The zero-order valence-corrected chi connectivity index (χ0v) is 18.2. The maximum atomic E-state index is 12.2. The third kappa shape index (κ3) is 7.24. The van der Waals surface area contributed by atoms with Gasteiger partial charge in [0.25, 0.3) is 0 Å². The zero-order chi connectivity index (χ0) is 22.8. The number of carbonyl (C=O) groups is 2. The third-order valence-electron chi connectivity index (χ3n) is 5.63. The van der Waals surface area contributed by atoms with Crippen LogP contribution in [0.25, 0.3) is 0 Å². The van der Waals surface area contributed by atoms with Gasteiger partial charge in [-0.05, 0) is 49.1 Å².